The summed E-state index contributed by atoms with van der Waals surface area (Å²) in [5, 5.41) is 2.95. The standard InChI is InChI=1S/C15H19N3O7/c1-4-9-6-16-14(20)18-12(9)17-13-11(24-8(2)19)5-10(25-13)7-23-15(21)22-3/h4,6,10-11,13H,1,5,7H2,2-3H3,(H2,16,17,18,20)/t10-,11+,13+/m0/s1. The molecule has 1 aliphatic heterocycles. The molecule has 0 saturated carbocycles. The van der Waals surface area contributed by atoms with Gasteiger partial charge >= 0.3 is 17.8 Å². The number of ether oxygens (including phenoxy) is 4. The van der Waals surface area contributed by atoms with Gasteiger partial charge in [-0.15, -0.1) is 0 Å². The van der Waals surface area contributed by atoms with Gasteiger partial charge < -0.3 is 24.3 Å². The van der Waals surface area contributed by atoms with Crippen LogP contribution in [0.25, 0.3) is 6.08 Å². The van der Waals surface area contributed by atoms with Crippen LogP contribution in [0.4, 0.5) is 10.6 Å². The molecule has 1 aromatic heterocycles. The van der Waals surface area contributed by atoms with Crippen LogP contribution in [-0.4, -0.2) is 54.2 Å². The Morgan fingerprint density at radius 2 is 2.32 bits per heavy atom. The maximum atomic E-state index is 11.4. The average molecular weight is 353 g/mol. The van der Waals surface area contributed by atoms with Crippen molar-refractivity contribution in [2.24, 2.45) is 0 Å². The highest BCUT2D eigenvalue weighted by molar-refractivity contribution is 5.66. The summed E-state index contributed by atoms with van der Waals surface area (Å²) in [7, 11) is 1.19. The predicted octanol–water partition coefficient (Wildman–Crippen LogP) is 0.654. The van der Waals surface area contributed by atoms with Crippen LogP contribution in [-0.2, 0) is 23.7 Å². The third-order valence-electron chi connectivity index (χ3n) is 3.39. The molecule has 1 saturated heterocycles. The van der Waals surface area contributed by atoms with Gasteiger partial charge in [0.05, 0.1) is 13.2 Å². The lowest BCUT2D eigenvalue weighted by atomic mass is 10.2. The maximum Gasteiger partial charge on any atom is 0.508 e. The van der Waals surface area contributed by atoms with E-state index in [-0.39, 0.29) is 6.61 Å². The molecule has 0 aromatic carbocycles. The number of nitrogens with zero attached hydrogens (tertiary/aromatic N) is 1. The van der Waals surface area contributed by atoms with Crippen molar-refractivity contribution in [3.63, 3.8) is 0 Å². The zero-order valence-corrected chi connectivity index (χ0v) is 13.8. The van der Waals surface area contributed by atoms with Crippen LogP contribution >= 0.6 is 0 Å². The number of anilines is 1. The maximum absolute atomic E-state index is 11.4. The van der Waals surface area contributed by atoms with E-state index in [4.69, 9.17) is 14.2 Å². The minimum atomic E-state index is -0.837. The fourth-order valence-electron chi connectivity index (χ4n) is 2.33. The number of esters is 1. The number of aromatic amines is 1. The summed E-state index contributed by atoms with van der Waals surface area (Å²) in [6.07, 6.45) is 0.399. The SMILES string of the molecule is C=Cc1cnc(=O)[nH]c1N[C@@H]1O[C@H](COC(=O)OC)C[C@H]1OC(C)=O. The van der Waals surface area contributed by atoms with Crippen molar-refractivity contribution < 1.29 is 28.5 Å². The van der Waals surface area contributed by atoms with Crippen molar-refractivity contribution in [2.45, 2.75) is 31.8 Å². The van der Waals surface area contributed by atoms with Gasteiger partial charge in [0.2, 0.25) is 0 Å². The van der Waals surface area contributed by atoms with E-state index in [1.165, 1.54) is 26.3 Å². The molecular formula is C15H19N3O7. The van der Waals surface area contributed by atoms with Crippen molar-refractivity contribution in [3.05, 3.63) is 28.8 Å². The molecule has 1 aromatic rings. The topological polar surface area (TPSA) is 129 Å². The van der Waals surface area contributed by atoms with Gasteiger partial charge in [-0.05, 0) is 0 Å². The predicted molar refractivity (Wildman–Crippen MR) is 85.8 cm³/mol. The minimum absolute atomic E-state index is 0.0657. The van der Waals surface area contributed by atoms with E-state index in [0.717, 1.165) is 0 Å². The first-order chi connectivity index (χ1) is 11.9. The number of nitrogens with one attached hydrogen (secondary N) is 2. The molecule has 2 heterocycles. The van der Waals surface area contributed by atoms with Crippen molar-refractivity contribution in [3.8, 4) is 0 Å². The second kappa shape index (κ2) is 8.29. The molecule has 1 aliphatic rings. The molecular weight excluding hydrogens is 334 g/mol. The van der Waals surface area contributed by atoms with Crippen LogP contribution in [0.2, 0.25) is 0 Å². The van der Waals surface area contributed by atoms with Crippen molar-refractivity contribution >= 4 is 24.0 Å². The van der Waals surface area contributed by atoms with E-state index in [0.29, 0.717) is 17.8 Å². The van der Waals surface area contributed by atoms with E-state index >= 15 is 0 Å². The fraction of sp³-hybridized carbons (Fsp3) is 0.467. The highest BCUT2D eigenvalue weighted by Crippen LogP contribution is 2.26. The minimum Gasteiger partial charge on any atom is -0.458 e. The number of rotatable bonds is 6. The first-order valence-electron chi connectivity index (χ1n) is 7.44. The molecule has 0 unspecified atom stereocenters. The lowest BCUT2D eigenvalue weighted by molar-refractivity contribution is -0.148. The zero-order chi connectivity index (χ0) is 18.4. The number of H-pyrrole nitrogens is 1. The summed E-state index contributed by atoms with van der Waals surface area (Å²) in [5.74, 6) is -0.159. The summed E-state index contributed by atoms with van der Waals surface area (Å²) < 4.78 is 20.2. The van der Waals surface area contributed by atoms with Gasteiger partial charge in [-0.25, -0.2) is 14.6 Å². The molecule has 0 bridgehead atoms. The van der Waals surface area contributed by atoms with Crippen molar-refractivity contribution in [1.82, 2.24) is 9.97 Å². The second-order valence-electron chi connectivity index (χ2n) is 5.19. The second-order valence-corrected chi connectivity index (χ2v) is 5.19. The molecule has 0 amide bonds. The van der Waals surface area contributed by atoms with Gasteiger partial charge in [0.1, 0.15) is 18.5 Å². The van der Waals surface area contributed by atoms with Crippen LogP contribution in [0.1, 0.15) is 18.9 Å². The van der Waals surface area contributed by atoms with Gasteiger partial charge in [0, 0.05) is 25.1 Å². The Hall–Kier alpha value is -2.88. The third kappa shape index (κ3) is 5.05. The number of hydrogen-bond donors (Lipinski definition) is 2. The summed E-state index contributed by atoms with van der Waals surface area (Å²) >= 11 is 0. The van der Waals surface area contributed by atoms with Crippen LogP contribution in [0.3, 0.4) is 0 Å². The molecule has 1 fully saturated rings. The molecule has 10 heteroatoms. The fourth-order valence-corrected chi connectivity index (χ4v) is 2.33. The average Bonchev–Trinajstić information content (AvgIpc) is 2.93. The largest absolute Gasteiger partial charge is 0.508 e. The normalized spacial score (nSPS) is 22.1. The van der Waals surface area contributed by atoms with E-state index in [1.807, 2.05) is 0 Å². The Kier molecular flexibility index (Phi) is 6.12. The Morgan fingerprint density at radius 3 is 2.96 bits per heavy atom. The number of carbonyl (C=O) groups excluding carboxylic acids is 2. The number of hydrogen-bond acceptors (Lipinski definition) is 9. The molecule has 0 aliphatic carbocycles. The summed E-state index contributed by atoms with van der Waals surface area (Å²) in [6, 6.07) is 0. The highest BCUT2D eigenvalue weighted by atomic mass is 16.7. The molecule has 0 radical (unpaired) electrons. The molecule has 3 atom stereocenters. The quantitative estimate of drug-likeness (QED) is 0.708. The van der Waals surface area contributed by atoms with Gasteiger partial charge in [0.15, 0.2) is 6.23 Å². The molecule has 2 rings (SSSR count). The first kappa shape index (κ1) is 18.5. The van der Waals surface area contributed by atoms with Gasteiger partial charge in [-0.2, -0.15) is 0 Å². The summed E-state index contributed by atoms with van der Waals surface area (Å²) in [6.45, 7) is 4.85. The third-order valence-corrected chi connectivity index (χ3v) is 3.39. The van der Waals surface area contributed by atoms with E-state index < -0.39 is 36.3 Å². The molecule has 136 valence electrons. The Labute approximate surface area is 143 Å². The molecule has 0 spiro atoms. The molecule has 2 N–H and O–H groups in total. The van der Waals surface area contributed by atoms with Crippen molar-refractivity contribution in [2.75, 3.05) is 19.0 Å². The van der Waals surface area contributed by atoms with Gasteiger partial charge in [-0.3, -0.25) is 9.78 Å². The van der Waals surface area contributed by atoms with E-state index in [2.05, 4.69) is 26.6 Å². The molecule has 10 nitrogen and oxygen atoms in total. The van der Waals surface area contributed by atoms with E-state index in [9.17, 15) is 14.4 Å². The Balaban J connectivity index is 2.11. The Bertz CT molecular complexity index is 703. The summed E-state index contributed by atoms with van der Waals surface area (Å²) in [4.78, 5) is 39.9. The first-order valence-corrected chi connectivity index (χ1v) is 7.44. The van der Waals surface area contributed by atoms with Crippen LogP contribution in [0, 0.1) is 0 Å². The van der Waals surface area contributed by atoms with Crippen LogP contribution in [0.5, 0.6) is 0 Å². The van der Waals surface area contributed by atoms with Crippen LogP contribution < -0.4 is 11.0 Å². The van der Waals surface area contributed by atoms with Crippen LogP contribution in [0.15, 0.2) is 17.6 Å². The molecule has 25 heavy (non-hydrogen) atoms. The lowest BCUT2D eigenvalue weighted by Gasteiger charge is -2.21. The van der Waals surface area contributed by atoms with Gasteiger partial charge in [-0.1, -0.05) is 12.7 Å². The van der Waals surface area contributed by atoms with Crippen molar-refractivity contribution in [1.29, 1.82) is 0 Å². The van der Waals surface area contributed by atoms with Gasteiger partial charge in [0.25, 0.3) is 0 Å². The van der Waals surface area contributed by atoms with E-state index in [1.54, 1.807) is 0 Å². The monoisotopic (exact) mass is 353 g/mol. The Morgan fingerprint density at radius 1 is 1.56 bits per heavy atom. The smallest absolute Gasteiger partial charge is 0.458 e. The number of carbonyl (C=O) groups is 2. The highest BCUT2D eigenvalue weighted by Gasteiger charge is 2.38. The zero-order valence-electron chi connectivity index (χ0n) is 13.8. The lowest BCUT2D eigenvalue weighted by Crippen LogP contribution is -2.34. The number of methoxy groups -OCH3 is 1. The summed E-state index contributed by atoms with van der Waals surface area (Å²) in [5.41, 5.74) is -0.0141. The number of aromatic nitrogens is 2.